The molecule has 0 aromatic carbocycles. The average molecular weight is 143 g/mol. The lowest BCUT2D eigenvalue weighted by Crippen LogP contribution is -2.50. The predicted molar refractivity (Wildman–Crippen MR) is 38.5 cm³/mol. The van der Waals surface area contributed by atoms with Gasteiger partial charge in [0.05, 0.1) is 6.54 Å². The minimum absolute atomic E-state index is 0.0224. The minimum atomic E-state index is -0.299. The number of rotatable bonds is 0. The van der Waals surface area contributed by atoms with Gasteiger partial charge in [0.1, 0.15) is 0 Å². The third-order valence-electron chi connectivity index (χ3n) is 1.50. The van der Waals surface area contributed by atoms with Crippen molar-refractivity contribution in [2.24, 2.45) is 5.73 Å². The van der Waals surface area contributed by atoms with E-state index in [4.69, 9.17) is 5.73 Å². The van der Waals surface area contributed by atoms with Crippen molar-refractivity contribution < 1.29 is 4.79 Å². The lowest BCUT2D eigenvalue weighted by atomic mass is 10.1. The Balaban J connectivity index is 2.48. The summed E-state index contributed by atoms with van der Waals surface area (Å²) >= 11 is 0. The van der Waals surface area contributed by atoms with Gasteiger partial charge in [-0.05, 0) is 6.92 Å². The highest BCUT2D eigenvalue weighted by atomic mass is 16.1. The molecular weight excluding hydrogens is 130 g/mol. The summed E-state index contributed by atoms with van der Waals surface area (Å²) in [6.07, 6.45) is 0. The number of amides is 1. The summed E-state index contributed by atoms with van der Waals surface area (Å²) < 4.78 is 0. The van der Waals surface area contributed by atoms with Gasteiger partial charge >= 0.3 is 0 Å². The molecule has 0 aromatic rings. The fourth-order valence-corrected chi connectivity index (χ4v) is 0.887. The maximum atomic E-state index is 10.7. The molecule has 1 rings (SSSR count). The van der Waals surface area contributed by atoms with Gasteiger partial charge in [-0.15, -0.1) is 0 Å². The number of carbonyl (C=O) groups is 1. The van der Waals surface area contributed by atoms with Crippen LogP contribution in [0, 0.1) is 0 Å². The Bertz CT molecular complexity index is 144. The van der Waals surface area contributed by atoms with Crippen LogP contribution < -0.4 is 16.4 Å². The van der Waals surface area contributed by atoms with Crippen molar-refractivity contribution in [3.8, 4) is 0 Å². The van der Waals surface area contributed by atoms with Crippen LogP contribution in [-0.4, -0.2) is 31.1 Å². The number of carbonyl (C=O) groups excluding carboxylic acids is 1. The van der Waals surface area contributed by atoms with E-state index in [0.29, 0.717) is 19.6 Å². The molecule has 1 fully saturated rings. The maximum Gasteiger partial charge on any atom is 0.234 e. The van der Waals surface area contributed by atoms with Gasteiger partial charge in [0, 0.05) is 18.6 Å². The molecule has 0 saturated carbocycles. The molecule has 1 aliphatic rings. The molecule has 1 saturated heterocycles. The van der Waals surface area contributed by atoms with Crippen LogP contribution in [0.3, 0.4) is 0 Å². The summed E-state index contributed by atoms with van der Waals surface area (Å²) in [5.41, 5.74) is 5.46. The maximum absolute atomic E-state index is 10.7. The first-order chi connectivity index (χ1) is 4.60. The second kappa shape index (κ2) is 2.56. The second-order valence-electron chi connectivity index (χ2n) is 3.03. The van der Waals surface area contributed by atoms with Crippen LogP contribution in [0.15, 0.2) is 0 Å². The molecule has 4 nitrogen and oxygen atoms in total. The molecule has 4 heteroatoms. The summed E-state index contributed by atoms with van der Waals surface area (Å²) in [6.45, 7) is 3.53. The quantitative estimate of drug-likeness (QED) is 0.383. The van der Waals surface area contributed by atoms with E-state index in [1.54, 1.807) is 0 Å². The molecule has 1 heterocycles. The zero-order valence-electron chi connectivity index (χ0n) is 6.11. The van der Waals surface area contributed by atoms with Crippen molar-refractivity contribution in [1.82, 2.24) is 10.6 Å². The van der Waals surface area contributed by atoms with Crippen LogP contribution in [0.25, 0.3) is 0 Å². The fraction of sp³-hybridized carbons (Fsp3) is 0.833. The Morgan fingerprint density at radius 2 is 2.30 bits per heavy atom. The Morgan fingerprint density at radius 3 is 3.00 bits per heavy atom. The summed E-state index contributed by atoms with van der Waals surface area (Å²) in [4.78, 5) is 10.7. The van der Waals surface area contributed by atoms with Gasteiger partial charge < -0.3 is 16.4 Å². The molecule has 0 aliphatic carbocycles. The largest absolute Gasteiger partial charge is 0.353 e. The second-order valence-corrected chi connectivity index (χ2v) is 3.03. The van der Waals surface area contributed by atoms with Crippen LogP contribution in [-0.2, 0) is 4.79 Å². The molecule has 4 N–H and O–H groups in total. The van der Waals surface area contributed by atoms with Gasteiger partial charge in [-0.25, -0.2) is 0 Å². The highest BCUT2D eigenvalue weighted by molar-refractivity contribution is 5.78. The van der Waals surface area contributed by atoms with Gasteiger partial charge in [0.15, 0.2) is 0 Å². The number of nitrogens with one attached hydrogen (secondary N) is 2. The smallest absolute Gasteiger partial charge is 0.234 e. The molecule has 58 valence electrons. The van der Waals surface area contributed by atoms with Crippen molar-refractivity contribution in [1.29, 1.82) is 0 Å². The van der Waals surface area contributed by atoms with Crippen LogP contribution in [0.2, 0.25) is 0 Å². The lowest BCUT2D eigenvalue weighted by molar-refractivity contribution is -0.119. The fourth-order valence-electron chi connectivity index (χ4n) is 0.887. The monoisotopic (exact) mass is 143 g/mol. The molecule has 1 atom stereocenters. The zero-order valence-corrected chi connectivity index (χ0v) is 6.11. The van der Waals surface area contributed by atoms with Crippen molar-refractivity contribution in [3.63, 3.8) is 0 Å². The Kier molecular flexibility index (Phi) is 1.92. The first-order valence-corrected chi connectivity index (χ1v) is 3.36. The third kappa shape index (κ3) is 1.97. The van der Waals surface area contributed by atoms with E-state index in [0.717, 1.165) is 0 Å². The van der Waals surface area contributed by atoms with Gasteiger partial charge in [-0.2, -0.15) is 0 Å². The first kappa shape index (κ1) is 7.50. The highest BCUT2D eigenvalue weighted by Crippen LogP contribution is 1.96. The molecule has 0 radical (unpaired) electrons. The normalized spacial score (nSPS) is 34.8. The van der Waals surface area contributed by atoms with E-state index in [1.807, 2.05) is 6.92 Å². The van der Waals surface area contributed by atoms with E-state index in [9.17, 15) is 4.79 Å². The van der Waals surface area contributed by atoms with E-state index in [-0.39, 0.29) is 11.4 Å². The molecule has 0 aromatic heterocycles. The topological polar surface area (TPSA) is 67.1 Å². The SMILES string of the molecule is CC1(N)CNCC(=O)NC1. The number of hydrogen-bond donors (Lipinski definition) is 3. The highest BCUT2D eigenvalue weighted by Gasteiger charge is 2.21. The van der Waals surface area contributed by atoms with E-state index in [1.165, 1.54) is 0 Å². The molecule has 0 bridgehead atoms. The summed E-state index contributed by atoms with van der Waals surface area (Å²) in [5, 5.41) is 5.66. The molecular formula is C6H13N3O. The predicted octanol–water partition coefficient (Wildman–Crippen LogP) is -1.58. The van der Waals surface area contributed by atoms with E-state index in [2.05, 4.69) is 10.6 Å². The Hall–Kier alpha value is -0.610. The molecule has 0 spiro atoms. The standard InChI is InChI=1S/C6H13N3O/c1-6(7)3-8-2-5(10)9-4-6/h8H,2-4,7H2,1H3,(H,9,10). The number of hydrogen-bond acceptors (Lipinski definition) is 3. The van der Waals surface area contributed by atoms with Crippen LogP contribution in [0.4, 0.5) is 0 Å². The lowest BCUT2D eigenvalue weighted by Gasteiger charge is -2.20. The summed E-state index contributed by atoms with van der Waals surface area (Å²) in [6, 6.07) is 0. The first-order valence-electron chi connectivity index (χ1n) is 3.36. The summed E-state index contributed by atoms with van der Waals surface area (Å²) in [7, 11) is 0. The van der Waals surface area contributed by atoms with Crippen LogP contribution in [0.5, 0.6) is 0 Å². The van der Waals surface area contributed by atoms with Crippen molar-refractivity contribution >= 4 is 5.91 Å². The zero-order chi connectivity index (χ0) is 7.61. The van der Waals surface area contributed by atoms with Crippen molar-refractivity contribution in [3.05, 3.63) is 0 Å². The minimum Gasteiger partial charge on any atom is -0.353 e. The van der Waals surface area contributed by atoms with Crippen LogP contribution in [0.1, 0.15) is 6.92 Å². The van der Waals surface area contributed by atoms with Gasteiger partial charge in [-0.3, -0.25) is 4.79 Å². The van der Waals surface area contributed by atoms with Gasteiger partial charge in [0.2, 0.25) is 5.91 Å². The van der Waals surface area contributed by atoms with Crippen LogP contribution >= 0.6 is 0 Å². The molecule has 1 amide bonds. The van der Waals surface area contributed by atoms with Gasteiger partial charge in [-0.1, -0.05) is 0 Å². The number of nitrogens with two attached hydrogens (primary N) is 1. The molecule has 10 heavy (non-hydrogen) atoms. The van der Waals surface area contributed by atoms with E-state index < -0.39 is 0 Å². The average Bonchev–Trinajstić information content (AvgIpc) is 1.94. The summed E-state index contributed by atoms with van der Waals surface area (Å²) in [5.74, 6) is 0.0224. The van der Waals surface area contributed by atoms with E-state index >= 15 is 0 Å². The third-order valence-corrected chi connectivity index (χ3v) is 1.50. The molecule has 1 aliphatic heterocycles. The Labute approximate surface area is 60.2 Å². The van der Waals surface area contributed by atoms with Gasteiger partial charge in [0.25, 0.3) is 0 Å². The van der Waals surface area contributed by atoms with Crippen molar-refractivity contribution in [2.75, 3.05) is 19.6 Å². The Morgan fingerprint density at radius 1 is 1.60 bits per heavy atom. The van der Waals surface area contributed by atoms with Crippen molar-refractivity contribution in [2.45, 2.75) is 12.5 Å². The molecule has 1 unspecified atom stereocenters.